The summed E-state index contributed by atoms with van der Waals surface area (Å²) < 4.78 is 0. The molecule has 3 rings (SSSR count). The van der Waals surface area contributed by atoms with E-state index in [4.69, 9.17) is 0 Å². The fourth-order valence-corrected chi connectivity index (χ4v) is 3.60. The van der Waals surface area contributed by atoms with E-state index < -0.39 is 0 Å². The third-order valence-electron chi connectivity index (χ3n) is 4.01. The van der Waals surface area contributed by atoms with Gasteiger partial charge in [-0.1, -0.05) is 54.9 Å². The Balaban J connectivity index is 1.70. The topological polar surface area (TPSA) is 54.9 Å². The Labute approximate surface area is 128 Å². The quantitative estimate of drug-likeness (QED) is 0.931. The summed E-state index contributed by atoms with van der Waals surface area (Å²) in [5.74, 6) is 0.242. The number of nitrogens with one attached hydrogen (secondary N) is 1. The van der Waals surface area contributed by atoms with Crippen molar-refractivity contribution in [2.45, 2.75) is 39.0 Å². The maximum atomic E-state index is 12.2. The summed E-state index contributed by atoms with van der Waals surface area (Å²) in [6.07, 6.45) is 5.55. The zero-order chi connectivity index (χ0) is 14.7. The molecule has 0 bridgehead atoms. The molecule has 0 aliphatic heterocycles. The molecule has 1 amide bonds. The first-order valence-electron chi connectivity index (χ1n) is 7.44. The lowest BCUT2D eigenvalue weighted by Gasteiger charge is -2.19. The number of carbonyl (C=O) groups excluding carboxylic acids is 1. The second-order valence-electron chi connectivity index (χ2n) is 5.55. The molecule has 0 saturated heterocycles. The SMILES string of the molecule is Cc1ccccc1-c1nnc(NC(=O)C2CCCCC2)s1. The normalized spacial score (nSPS) is 15.9. The standard InChI is InChI=1S/C16H19N3OS/c1-11-7-5-6-10-13(11)15-18-19-16(21-15)17-14(20)12-8-3-2-4-9-12/h5-7,10,12H,2-4,8-9H2,1H3,(H,17,19,20). The molecule has 1 aliphatic rings. The first-order chi connectivity index (χ1) is 10.2. The van der Waals surface area contributed by atoms with Crippen LogP contribution >= 0.6 is 11.3 Å². The number of hydrogen-bond donors (Lipinski definition) is 1. The predicted octanol–water partition coefficient (Wildman–Crippen LogP) is 4.03. The molecular weight excluding hydrogens is 282 g/mol. The number of amides is 1. The molecule has 4 nitrogen and oxygen atoms in total. The van der Waals surface area contributed by atoms with Crippen molar-refractivity contribution < 1.29 is 4.79 Å². The molecule has 1 aromatic carbocycles. The Morgan fingerprint density at radius 3 is 2.71 bits per heavy atom. The fourth-order valence-electron chi connectivity index (χ4n) is 2.77. The molecule has 0 atom stereocenters. The van der Waals surface area contributed by atoms with Gasteiger partial charge in [-0.05, 0) is 25.3 Å². The lowest BCUT2D eigenvalue weighted by atomic mass is 9.89. The van der Waals surface area contributed by atoms with Crippen molar-refractivity contribution in [2.75, 3.05) is 5.32 Å². The van der Waals surface area contributed by atoms with E-state index in [0.29, 0.717) is 5.13 Å². The highest BCUT2D eigenvalue weighted by molar-refractivity contribution is 7.18. The maximum absolute atomic E-state index is 12.2. The van der Waals surface area contributed by atoms with Crippen LogP contribution in [0.1, 0.15) is 37.7 Å². The number of aryl methyl sites for hydroxylation is 1. The summed E-state index contributed by atoms with van der Waals surface area (Å²) in [5.41, 5.74) is 2.24. The number of anilines is 1. The average Bonchev–Trinajstić information content (AvgIpc) is 2.97. The molecule has 1 aromatic heterocycles. The summed E-state index contributed by atoms with van der Waals surface area (Å²) in [6, 6.07) is 8.08. The van der Waals surface area contributed by atoms with Crippen LogP contribution in [0.25, 0.3) is 10.6 Å². The van der Waals surface area contributed by atoms with Gasteiger partial charge >= 0.3 is 0 Å². The number of nitrogens with zero attached hydrogens (tertiary/aromatic N) is 2. The second-order valence-corrected chi connectivity index (χ2v) is 6.53. The highest BCUT2D eigenvalue weighted by Gasteiger charge is 2.22. The van der Waals surface area contributed by atoms with Crippen molar-refractivity contribution in [2.24, 2.45) is 5.92 Å². The van der Waals surface area contributed by atoms with Crippen molar-refractivity contribution in [3.63, 3.8) is 0 Å². The Morgan fingerprint density at radius 1 is 1.19 bits per heavy atom. The van der Waals surface area contributed by atoms with E-state index in [1.165, 1.54) is 23.3 Å². The van der Waals surface area contributed by atoms with Crippen molar-refractivity contribution in [1.29, 1.82) is 0 Å². The molecule has 110 valence electrons. The minimum Gasteiger partial charge on any atom is -0.300 e. The summed E-state index contributed by atoms with van der Waals surface area (Å²) in [7, 11) is 0. The summed E-state index contributed by atoms with van der Waals surface area (Å²) >= 11 is 1.44. The first kappa shape index (κ1) is 14.2. The second kappa shape index (κ2) is 6.35. The molecule has 1 N–H and O–H groups in total. The van der Waals surface area contributed by atoms with Crippen LogP contribution in [0.2, 0.25) is 0 Å². The van der Waals surface area contributed by atoms with Crippen molar-refractivity contribution >= 4 is 22.4 Å². The molecule has 0 unspecified atom stereocenters. The van der Waals surface area contributed by atoms with Gasteiger partial charge in [0.2, 0.25) is 11.0 Å². The number of aromatic nitrogens is 2. The van der Waals surface area contributed by atoms with Crippen LogP contribution in [-0.2, 0) is 4.79 Å². The van der Waals surface area contributed by atoms with Crippen LogP contribution in [0.15, 0.2) is 24.3 Å². The molecular formula is C16H19N3OS. The van der Waals surface area contributed by atoms with Crippen molar-refractivity contribution in [3.8, 4) is 10.6 Å². The van der Waals surface area contributed by atoms with Gasteiger partial charge in [0, 0.05) is 11.5 Å². The molecule has 2 aromatic rings. The largest absolute Gasteiger partial charge is 0.300 e. The van der Waals surface area contributed by atoms with Crippen LogP contribution in [0.4, 0.5) is 5.13 Å². The van der Waals surface area contributed by atoms with Gasteiger partial charge in [-0.3, -0.25) is 4.79 Å². The van der Waals surface area contributed by atoms with Crippen LogP contribution in [-0.4, -0.2) is 16.1 Å². The first-order valence-corrected chi connectivity index (χ1v) is 8.26. The summed E-state index contributed by atoms with van der Waals surface area (Å²) in [4.78, 5) is 12.2. The van der Waals surface area contributed by atoms with E-state index in [0.717, 1.165) is 36.3 Å². The molecule has 1 fully saturated rings. The van der Waals surface area contributed by atoms with Crippen LogP contribution < -0.4 is 5.32 Å². The number of hydrogen-bond acceptors (Lipinski definition) is 4. The Hall–Kier alpha value is -1.75. The van der Waals surface area contributed by atoms with Crippen molar-refractivity contribution in [3.05, 3.63) is 29.8 Å². The van der Waals surface area contributed by atoms with E-state index in [9.17, 15) is 4.79 Å². The van der Waals surface area contributed by atoms with Gasteiger partial charge < -0.3 is 5.32 Å². The highest BCUT2D eigenvalue weighted by Crippen LogP contribution is 2.30. The summed E-state index contributed by atoms with van der Waals surface area (Å²) in [6.45, 7) is 2.05. The zero-order valence-electron chi connectivity index (χ0n) is 12.1. The lowest BCUT2D eigenvalue weighted by molar-refractivity contribution is -0.120. The van der Waals surface area contributed by atoms with E-state index >= 15 is 0 Å². The van der Waals surface area contributed by atoms with E-state index in [2.05, 4.69) is 28.5 Å². The Bertz CT molecular complexity index is 632. The Morgan fingerprint density at radius 2 is 1.95 bits per heavy atom. The molecule has 1 aliphatic carbocycles. The molecule has 1 saturated carbocycles. The number of rotatable bonds is 3. The van der Waals surface area contributed by atoms with E-state index in [-0.39, 0.29) is 11.8 Å². The van der Waals surface area contributed by atoms with Gasteiger partial charge in [0.1, 0.15) is 5.01 Å². The Kier molecular flexibility index (Phi) is 4.29. The molecule has 0 spiro atoms. The van der Waals surface area contributed by atoms with Gasteiger partial charge in [-0.2, -0.15) is 0 Å². The maximum Gasteiger partial charge on any atom is 0.229 e. The zero-order valence-corrected chi connectivity index (χ0v) is 12.9. The molecule has 1 heterocycles. The van der Waals surface area contributed by atoms with Gasteiger partial charge in [0.25, 0.3) is 0 Å². The summed E-state index contributed by atoms with van der Waals surface area (Å²) in [5, 5.41) is 12.7. The van der Waals surface area contributed by atoms with Crippen LogP contribution in [0, 0.1) is 12.8 Å². The van der Waals surface area contributed by atoms with Crippen LogP contribution in [0.5, 0.6) is 0 Å². The lowest BCUT2D eigenvalue weighted by Crippen LogP contribution is -2.24. The molecule has 5 heteroatoms. The highest BCUT2D eigenvalue weighted by atomic mass is 32.1. The van der Waals surface area contributed by atoms with E-state index in [1.54, 1.807) is 0 Å². The minimum absolute atomic E-state index is 0.0992. The molecule has 0 radical (unpaired) electrons. The minimum atomic E-state index is 0.0992. The predicted molar refractivity (Wildman–Crippen MR) is 85.3 cm³/mol. The third-order valence-corrected chi connectivity index (χ3v) is 4.88. The molecule has 21 heavy (non-hydrogen) atoms. The van der Waals surface area contributed by atoms with Crippen molar-refractivity contribution in [1.82, 2.24) is 10.2 Å². The number of carbonyl (C=O) groups is 1. The number of benzene rings is 1. The van der Waals surface area contributed by atoms with Gasteiger partial charge in [0.05, 0.1) is 0 Å². The van der Waals surface area contributed by atoms with Gasteiger partial charge in [-0.15, -0.1) is 10.2 Å². The van der Waals surface area contributed by atoms with Gasteiger partial charge in [-0.25, -0.2) is 0 Å². The monoisotopic (exact) mass is 301 g/mol. The average molecular weight is 301 g/mol. The van der Waals surface area contributed by atoms with Gasteiger partial charge in [0.15, 0.2) is 0 Å². The van der Waals surface area contributed by atoms with E-state index in [1.807, 2.05) is 18.2 Å². The third kappa shape index (κ3) is 3.29. The fraction of sp³-hybridized carbons (Fsp3) is 0.438. The smallest absolute Gasteiger partial charge is 0.229 e. The van der Waals surface area contributed by atoms with Crippen LogP contribution in [0.3, 0.4) is 0 Å².